The molecule has 2 rings (SSSR count). The number of halogens is 2. The highest BCUT2D eigenvalue weighted by molar-refractivity contribution is 5.20. The van der Waals surface area contributed by atoms with Crippen molar-refractivity contribution < 1.29 is 13.9 Å². The van der Waals surface area contributed by atoms with Gasteiger partial charge in [-0.25, -0.2) is 8.78 Å². The number of benzene rings is 1. The maximum absolute atomic E-state index is 13.2. The van der Waals surface area contributed by atoms with Gasteiger partial charge in [0.25, 0.3) is 0 Å². The van der Waals surface area contributed by atoms with Crippen molar-refractivity contribution >= 4 is 0 Å². The molecule has 1 aliphatic carbocycles. The Labute approximate surface area is 113 Å². The van der Waals surface area contributed by atoms with Crippen LogP contribution in [0.4, 0.5) is 8.78 Å². The van der Waals surface area contributed by atoms with Crippen molar-refractivity contribution in [2.45, 2.75) is 51.6 Å². The van der Waals surface area contributed by atoms with E-state index in [-0.39, 0.29) is 0 Å². The van der Waals surface area contributed by atoms with Crippen LogP contribution in [0.2, 0.25) is 0 Å². The zero-order valence-electron chi connectivity index (χ0n) is 11.6. The van der Waals surface area contributed by atoms with Gasteiger partial charge in [-0.1, -0.05) is 20.3 Å². The van der Waals surface area contributed by atoms with Crippen LogP contribution in [-0.2, 0) is 6.42 Å². The zero-order chi connectivity index (χ0) is 14.0. The predicted octanol–water partition coefficient (Wildman–Crippen LogP) is 4.08. The molecule has 0 amide bonds. The Kier molecular flexibility index (Phi) is 4.24. The molecule has 0 aliphatic heterocycles. The van der Waals surface area contributed by atoms with Gasteiger partial charge in [-0.15, -0.1) is 0 Å². The summed E-state index contributed by atoms with van der Waals surface area (Å²) in [6.45, 7) is 4.33. The highest BCUT2D eigenvalue weighted by Gasteiger charge is 2.35. The Morgan fingerprint density at radius 1 is 1.26 bits per heavy atom. The Morgan fingerprint density at radius 3 is 2.47 bits per heavy atom. The van der Waals surface area contributed by atoms with Crippen molar-refractivity contribution in [3.05, 3.63) is 35.4 Å². The van der Waals surface area contributed by atoms with Crippen LogP contribution < -0.4 is 0 Å². The van der Waals surface area contributed by atoms with Crippen molar-refractivity contribution in [3.8, 4) is 0 Å². The van der Waals surface area contributed by atoms with Crippen molar-refractivity contribution in [1.82, 2.24) is 0 Å². The van der Waals surface area contributed by atoms with Gasteiger partial charge in [-0.2, -0.15) is 0 Å². The minimum atomic E-state index is -0.812. The fourth-order valence-electron chi connectivity index (χ4n) is 3.21. The molecule has 1 nitrogen and oxygen atoms in total. The highest BCUT2D eigenvalue weighted by atomic mass is 19.1. The molecule has 19 heavy (non-hydrogen) atoms. The molecular weight excluding hydrogens is 246 g/mol. The number of aliphatic hydroxyl groups is 1. The highest BCUT2D eigenvalue weighted by Crippen LogP contribution is 2.38. The summed E-state index contributed by atoms with van der Waals surface area (Å²) in [6.07, 6.45) is 3.90. The summed E-state index contributed by atoms with van der Waals surface area (Å²) in [5.41, 5.74) is -0.266. The number of hydrogen-bond acceptors (Lipinski definition) is 1. The third-order valence-corrected chi connectivity index (χ3v) is 4.26. The molecule has 0 radical (unpaired) electrons. The lowest BCUT2D eigenvalue weighted by Crippen LogP contribution is -2.38. The van der Waals surface area contributed by atoms with Crippen LogP contribution in [-0.4, -0.2) is 10.7 Å². The van der Waals surface area contributed by atoms with Gasteiger partial charge in [0, 0.05) is 12.5 Å². The van der Waals surface area contributed by atoms with E-state index in [9.17, 15) is 13.9 Å². The normalized spacial score (nSPS) is 27.8. The second-order valence-electron chi connectivity index (χ2n) is 6.28. The molecule has 0 saturated heterocycles. The van der Waals surface area contributed by atoms with E-state index < -0.39 is 17.2 Å². The second-order valence-corrected chi connectivity index (χ2v) is 6.28. The van der Waals surface area contributed by atoms with E-state index in [1.165, 1.54) is 12.1 Å². The first-order valence-electron chi connectivity index (χ1n) is 7.05. The molecule has 1 saturated carbocycles. The molecule has 2 unspecified atom stereocenters. The lowest BCUT2D eigenvalue weighted by atomic mass is 9.71. The molecule has 2 atom stereocenters. The van der Waals surface area contributed by atoms with Crippen molar-refractivity contribution in [2.75, 3.05) is 0 Å². The van der Waals surface area contributed by atoms with Crippen molar-refractivity contribution in [1.29, 1.82) is 0 Å². The molecular formula is C16H22F2O. The molecule has 0 aromatic heterocycles. The van der Waals surface area contributed by atoms with E-state index in [0.29, 0.717) is 30.2 Å². The van der Waals surface area contributed by atoms with E-state index in [1.54, 1.807) is 0 Å². The van der Waals surface area contributed by atoms with Gasteiger partial charge < -0.3 is 5.11 Å². The first-order valence-corrected chi connectivity index (χ1v) is 7.05. The van der Waals surface area contributed by atoms with Crippen LogP contribution in [0.3, 0.4) is 0 Å². The first-order chi connectivity index (χ1) is 8.88. The fraction of sp³-hybridized carbons (Fsp3) is 0.625. The molecule has 1 aromatic rings. The molecule has 0 bridgehead atoms. The topological polar surface area (TPSA) is 20.2 Å². The smallest absolute Gasteiger partial charge is 0.126 e. The van der Waals surface area contributed by atoms with E-state index in [2.05, 4.69) is 13.8 Å². The molecule has 3 heteroatoms. The monoisotopic (exact) mass is 268 g/mol. The van der Waals surface area contributed by atoms with Crippen molar-refractivity contribution in [3.63, 3.8) is 0 Å². The van der Waals surface area contributed by atoms with Crippen molar-refractivity contribution in [2.24, 2.45) is 11.8 Å². The minimum Gasteiger partial charge on any atom is -0.390 e. The lowest BCUT2D eigenvalue weighted by molar-refractivity contribution is -0.0240. The minimum absolute atomic E-state index is 0.338. The number of hydrogen-bond donors (Lipinski definition) is 1. The Hall–Kier alpha value is -0.960. The third-order valence-electron chi connectivity index (χ3n) is 4.26. The summed E-state index contributed by atoms with van der Waals surface area (Å²) in [5.74, 6) is -0.113. The van der Waals surface area contributed by atoms with Gasteiger partial charge in [0.1, 0.15) is 11.6 Å². The molecule has 0 spiro atoms. The maximum Gasteiger partial charge on any atom is 0.126 e. The van der Waals surface area contributed by atoms with E-state index >= 15 is 0 Å². The summed E-state index contributed by atoms with van der Waals surface area (Å²) in [4.78, 5) is 0. The van der Waals surface area contributed by atoms with Crippen LogP contribution >= 0.6 is 0 Å². The average molecular weight is 268 g/mol. The lowest BCUT2D eigenvalue weighted by Gasteiger charge is -2.38. The van der Waals surface area contributed by atoms with Crippen LogP contribution in [0, 0.1) is 23.5 Å². The predicted molar refractivity (Wildman–Crippen MR) is 71.8 cm³/mol. The van der Waals surface area contributed by atoms with Crippen LogP contribution in [0.25, 0.3) is 0 Å². The maximum atomic E-state index is 13.2. The van der Waals surface area contributed by atoms with Gasteiger partial charge in [0.05, 0.1) is 5.60 Å². The second kappa shape index (κ2) is 5.58. The molecule has 1 aromatic carbocycles. The summed E-state index contributed by atoms with van der Waals surface area (Å²) in [6, 6.07) is 3.51. The van der Waals surface area contributed by atoms with Crippen LogP contribution in [0.1, 0.15) is 45.1 Å². The van der Waals surface area contributed by atoms with Gasteiger partial charge in [-0.3, -0.25) is 0 Å². The van der Waals surface area contributed by atoms with Gasteiger partial charge in [0.15, 0.2) is 0 Å². The molecule has 106 valence electrons. The SMILES string of the molecule is CC(C)C1CCCC(O)(Cc2cc(F)cc(F)c2)C1. The largest absolute Gasteiger partial charge is 0.390 e. The third kappa shape index (κ3) is 3.75. The summed E-state index contributed by atoms with van der Waals surface area (Å²) < 4.78 is 26.4. The zero-order valence-corrected chi connectivity index (χ0v) is 11.6. The Bertz CT molecular complexity index is 424. The van der Waals surface area contributed by atoms with E-state index in [4.69, 9.17) is 0 Å². The first kappa shape index (κ1) is 14.4. The molecule has 1 fully saturated rings. The number of rotatable bonds is 3. The van der Waals surface area contributed by atoms with Gasteiger partial charge in [-0.05, 0) is 48.8 Å². The van der Waals surface area contributed by atoms with Gasteiger partial charge >= 0.3 is 0 Å². The Morgan fingerprint density at radius 2 is 1.89 bits per heavy atom. The van der Waals surface area contributed by atoms with Crippen LogP contribution in [0.15, 0.2) is 18.2 Å². The fourth-order valence-corrected chi connectivity index (χ4v) is 3.21. The van der Waals surface area contributed by atoms with E-state index in [1.807, 2.05) is 0 Å². The molecule has 0 heterocycles. The average Bonchev–Trinajstić information content (AvgIpc) is 2.26. The quantitative estimate of drug-likeness (QED) is 0.875. The standard InChI is InChI=1S/C16H22F2O/c1-11(2)13-4-3-5-16(19,10-13)9-12-6-14(17)8-15(18)7-12/h6-8,11,13,19H,3-5,9-10H2,1-2H3. The Balaban J connectivity index is 2.12. The van der Waals surface area contributed by atoms with Gasteiger partial charge in [0.2, 0.25) is 0 Å². The molecule has 1 N–H and O–H groups in total. The summed E-state index contributed by atoms with van der Waals surface area (Å²) >= 11 is 0. The summed E-state index contributed by atoms with van der Waals surface area (Å²) in [5, 5.41) is 10.7. The van der Waals surface area contributed by atoms with Crippen LogP contribution in [0.5, 0.6) is 0 Å². The van der Waals surface area contributed by atoms with E-state index in [0.717, 1.165) is 25.3 Å². The summed E-state index contributed by atoms with van der Waals surface area (Å²) in [7, 11) is 0. The molecule has 1 aliphatic rings.